The van der Waals surface area contributed by atoms with E-state index in [4.69, 9.17) is 4.74 Å². The summed E-state index contributed by atoms with van der Waals surface area (Å²) in [6.07, 6.45) is 1.54. The maximum atomic E-state index is 12.5. The van der Waals surface area contributed by atoms with Crippen molar-refractivity contribution >= 4 is 6.03 Å². The van der Waals surface area contributed by atoms with Gasteiger partial charge < -0.3 is 20.5 Å². The molecule has 5 heteroatoms. The molecule has 3 N–H and O–H groups in total. The fourth-order valence-corrected chi connectivity index (χ4v) is 3.29. The number of hydrogen-bond donors (Lipinski definition) is 3. The first-order valence-corrected chi connectivity index (χ1v) is 9.05. The quantitative estimate of drug-likeness (QED) is 0.765. The highest BCUT2D eigenvalue weighted by Crippen LogP contribution is 2.33. The fourth-order valence-electron chi connectivity index (χ4n) is 3.29. The maximum Gasteiger partial charge on any atom is 0.315 e. The molecule has 1 saturated heterocycles. The zero-order valence-corrected chi connectivity index (χ0v) is 15.9. The van der Waals surface area contributed by atoms with E-state index in [9.17, 15) is 9.90 Å². The monoisotopic (exact) mass is 348 g/mol. The molecule has 1 aliphatic heterocycles. The number of carbonyl (C=O) groups excluding carboxylic acids is 1. The van der Waals surface area contributed by atoms with Crippen molar-refractivity contribution < 1.29 is 14.6 Å². The van der Waals surface area contributed by atoms with Crippen molar-refractivity contribution in [3.05, 3.63) is 35.4 Å². The van der Waals surface area contributed by atoms with Gasteiger partial charge in [-0.25, -0.2) is 4.79 Å². The van der Waals surface area contributed by atoms with E-state index in [0.29, 0.717) is 19.8 Å². The van der Waals surface area contributed by atoms with E-state index in [0.717, 1.165) is 18.4 Å². The third kappa shape index (κ3) is 5.44. The molecule has 1 aromatic rings. The van der Waals surface area contributed by atoms with Crippen molar-refractivity contribution in [2.45, 2.75) is 46.6 Å². The maximum absolute atomic E-state index is 12.5. The van der Waals surface area contributed by atoms with Gasteiger partial charge in [-0.05, 0) is 30.7 Å². The van der Waals surface area contributed by atoms with E-state index < -0.39 is 0 Å². The smallest absolute Gasteiger partial charge is 0.315 e. The second-order valence-corrected chi connectivity index (χ2v) is 8.31. The van der Waals surface area contributed by atoms with Crippen molar-refractivity contribution in [2.75, 3.05) is 26.4 Å². The number of aryl methyl sites for hydroxylation is 1. The Labute approximate surface area is 151 Å². The van der Waals surface area contributed by atoms with E-state index in [1.807, 2.05) is 6.07 Å². The van der Waals surface area contributed by atoms with Crippen LogP contribution in [0.5, 0.6) is 0 Å². The Morgan fingerprint density at radius 2 is 2.00 bits per heavy atom. The first-order chi connectivity index (χ1) is 11.8. The summed E-state index contributed by atoms with van der Waals surface area (Å²) in [5.74, 6) is 0. The fraction of sp³-hybridized carbons (Fsp3) is 0.650. The average molecular weight is 348 g/mol. The second-order valence-electron chi connectivity index (χ2n) is 8.31. The Kier molecular flexibility index (Phi) is 6.47. The van der Waals surface area contributed by atoms with E-state index in [-0.39, 0.29) is 29.5 Å². The molecule has 1 atom stereocenters. The number of carbonyl (C=O) groups is 1. The van der Waals surface area contributed by atoms with E-state index >= 15 is 0 Å². The van der Waals surface area contributed by atoms with Gasteiger partial charge in [0.25, 0.3) is 0 Å². The number of ether oxygens (including phenoxy) is 1. The molecular formula is C20H32N2O3. The number of benzene rings is 1. The normalized spacial score (nSPS) is 18.4. The molecule has 2 amide bonds. The van der Waals surface area contributed by atoms with Gasteiger partial charge in [-0.15, -0.1) is 0 Å². The molecule has 1 heterocycles. The lowest BCUT2D eigenvalue weighted by Gasteiger charge is -2.36. The van der Waals surface area contributed by atoms with Crippen LogP contribution in [0.25, 0.3) is 0 Å². The largest absolute Gasteiger partial charge is 0.396 e. The van der Waals surface area contributed by atoms with Gasteiger partial charge in [-0.1, -0.05) is 50.6 Å². The van der Waals surface area contributed by atoms with Gasteiger partial charge in [0.2, 0.25) is 0 Å². The summed E-state index contributed by atoms with van der Waals surface area (Å²) in [6.45, 7) is 10.2. The number of aliphatic hydroxyl groups excluding tert-OH is 1. The van der Waals surface area contributed by atoms with Crippen LogP contribution in [0, 0.1) is 17.8 Å². The van der Waals surface area contributed by atoms with Crippen LogP contribution in [-0.2, 0) is 4.74 Å². The molecule has 0 radical (unpaired) electrons. The summed E-state index contributed by atoms with van der Waals surface area (Å²) in [5.41, 5.74) is 1.90. The van der Waals surface area contributed by atoms with Gasteiger partial charge >= 0.3 is 6.03 Å². The minimum Gasteiger partial charge on any atom is -0.396 e. The van der Waals surface area contributed by atoms with Crippen molar-refractivity contribution in [1.29, 1.82) is 0 Å². The van der Waals surface area contributed by atoms with Crippen LogP contribution >= 0.6 is 0 Å². The predicted octanol–water partition coefficient (Wildman–Crippen LogP) is 3.17. The Morgan fingerprint density at radius 1 is 1.32 bits per heavy atom. The topological polar surface area (TPSA) is 70.6 Å². The zero-order valence-electron chi connectivity index (χ0n) is 15.9. The summed E-state index contributed by atoms with van der Waals surface area (Å²) in [6, 6.07) is 7.96. The summed E-state index contributed by atoms with van der Waals surface area (Å²) in [5, 5.41) is 15.8. The lowest BCUT2D eigenvalue weighted by Crippen LogP contribution is -2.48. The molecule has 0 bridgehead atoms. The number of aliphatic hydroxyl groups is 1. The zero-order chi connectivity index (χ0) is 18.5. The molecule has 25 heavy (non-hydrogen) atoms. The minimum absolute atomic E-state index is 0.0667. The molecule has 0 unspecified atom stereocenters. The number of hydrogen-bond acceptors (Lipinski definition) is 3. The van der Waals surface area contributed by atoms with E-state index in [2.05, 4.69) is 56.5 Å². The predicted molar refractivity (Wildman–Crippen MR) is 99.5 cm³/mol. The van der Waals surface area contributed by atoms with Crippen molar-refractivity contribution in [3.8, 4) is 0 Å². The Morgan fingerprint density at radius 3 is 2.56 bits per heavy atom. The van der Waals surface area contributed by atoms with Crippen LogP contribution < -0.4 is 10.6 Å². The van der Waals surface area contributed by atoms with Gasteiger partial charge in [0.15, 0.2) is 0 Å². The summed E-state index contributed by atoms with van der Waals surface area (Å²) in [4.78, 5) is 12.5. The Bertz CT molecular complexity index is 575. The third-order valence-corrected chi connectivity index (χ3v) is 5.03. The highest BCUT2D eigenvalue weighted by atomic mass is 16.5. The highest BCUT2D eigenvalue weighted by Gasteiger charge is 2.33. The lowest BCUT2D eigenvalue weighted by atomic mass is 9.81. The van der Waals surface area contributed by atoms with Gasteiger partial charge in [0, 0.05) is 25.2 Å². The van der Waals surface area contributed by atoms with Crippen LogP contribution in [0.15, 0.2) is 24.3 Å². The third-order valence-electron chi connectivity index (χ3n) is 5.03. The van der Waals surface area contributed by atoms with E-state index in [1.165, 1.54) is 5.56 Å². The number of amides is 2. The molecule has 1 aliphatic rings. The molecule has 2 rings (SSSR count). The van der Waals surface area contributed by atoms with Crippen molar-refractivity contribution in [2.24, 2.45) is 10.8 Å². The van der Waals surface area contributed by atoms with Gasteiger partial charge in [-0.2, -0.15) is 0 Å². The molecule has 1 fully saturated rings. The number of urea groups is 1. The molecule has 0 aromatic heterocycles. The first-order valence-electron chi connectivity index (χ1n) is 9.05. The van der Waals surface area contributed by atoms with Crippen LogP contribution in [0.1, 0.15) is 50.8 Å². The van der Waals surface area contributed by atoms with Crippen LogP contribution in [0.3, 0.4) is 0 Å². The second kappa shape index (κ2) is 8.19. The Hall–Kier alpha value is -1.59. The number of nitrogens with one attached hydrogen (secondary N) is 2. The summed E-state index contributed by atoms with van der Waals surface area (Å²) in [7, 11) is 0. The van der Waals surface area contributed by atoms with Crippen LogP contribution in [-0.4, -0.2) is 37.5 Å². The summed E-state index contributed by atoms with van der Waals surface area (Å²) >= 11 is 0. The van der Waals surface area contributed by atoms with Gasteiger partial charge in [0.1, 0.15) is 0 Å². The van der Waals surface area contributed by atoms with Crippen molar-refractivity contribution in [1.82, 2.24) is 10.6 Å². The van der Waals surface area contributed by atoms with E-state index in [1.54, 1.807) is 0 Å². The standard InChI is InChI=1S/C20H32N2O3/c1-15-6-5-7-16(12-15)17(19(2,3)4)22-18(24)21-13-20(14-23)8-10-25-11-9-20/h5-7,12,17,23H,8-11,13-14H2,1-4H3,(H2,21,22,24)/t17-/m0/s1. The van der Waals surface area contributed by atoms with Crippen LogP contribution in [0.2, 0.25) is 0 Å². The van der Waals surface area contributed by atoms with Gasteiger partial charge in [0.05, 0.1) is 12.6 Å². The molecule has 5 nitrogen and oxygen atoms in total. The lowest BCUT2D eigenvalue weighted by molar-refractivity contribution is -0.0139. The molecule has 0 aliphatic carbocycles. The molecule has 0 saturated carbocycles. The van der Waals surface area contributed by atoms with Crippen molar-refractivity contribution in [3.63, 3.8) is 0 Å². The molecule has 0 spiro atoms. The van der Waals surface area contributed by atoms with Crippen LogP contribution in [0.4, 0.5) is 4.79 Å². The average Bonchev–Trinajstić information content (AvgIpc) is 2.57. The minimum atomic E-state index is -0.268. The molecular weight excluding hydrogens is 316 g/mol. The highest BCUT2D eigenvalue weighted by molar-refractivity contribution is 5.74. The summed E-state index contributed by atoms with van der Waals surface area (Å²) < 4.78 is 5.37. The molecule has 1 aromatic carbocycles. The molecule has 140 valence electrons. The van der Waals surface area contributed by atoms with Gasteiger partial charge in [-0.3, -0.25) is 0 Å². The Balaban J connectivity index is 2.02. The number of rotatable bonds is 5. The first kappa shape index (κ1) is 19.7. The SMILES string of the molecule is Cc1cccc([C@H](NC(=O)NCC2(CO)CCOCC2)C(C)(C)C)c1.